The van der Waals surface area contributed by atoms with Crippen molar-refractivity contribution >= 4 is 33.4 Å². The first-order chi connectivity index (χ1) is 18.6. The molecule has 0 unspecified atom stereocenters. The van der Waals surface area contributed by atoms with Crippen molar-refractivity contribution in [3.63, 3.8) is 0 Å². The lowest BCUT2D eigenvalue weighted by atomic mass is 9.95. The Hall–Kier alpha value is -2.89. The first kappa shape index (κ1) is 30.1. The molecule has 2 aliphatic heterocycles. The van der Waals surface area contributed by atoms with Gasteiger partial charge in [-0.3, -0.25) is 9.79 Å². The number of benzene rings is 2. The van der Waals surface area contributed by atoms with Crippen LogP contribution in [-0.4, -0.2) is 66.0 Å². The van der Waals surface area contributed by atoms with Gasteiger partial charge in [0.25, 0.3) is 5.92 Å². The third-order valence-electron chi connectivity index (χ3n) is 7.15. The summed E-state index contributed by atoms with van der Waals surface area (Å²) in [6.07, 6.45) is -0.255. The smallest absolute Gasteiger partial charge is 0.267 e. The van der Waals surface area contributed by atoms with E-state index in [-0.39, 0.29) is 29.4 Å². The van der Waals surface area contributed by atoms with E-state index < -0.39 is 58.3 Å². The summed E-state index contributed by atoms with van der Waals surface area (Å²) in [6.45, 7) is 8.36. The van der Waals surface area contributed by atoms with E-state index in [0.29, 0.717) is 17.0 Å². The van der Waals surface area contributed by atoms with E-state index in [1.807, 2.05) is 0 Å². The van der Waals surface area contributed by atoms with E-state index in [9.17, 15) is 26.4 Å². The lowest BCUT2D eigenvalue weighted by Gasteiger charge is -2.30. The highest BCUT2D eigenvalue weighted by molar-refractivity contribution is 7.89. The molecule has 0 aromatic heterocycles. The molecular formula is C28H32ClF3N4O3S. The van der Waals surface area contributed by atoms with Gasteiger partial charge >= 0.3 is 0 Å². The molecular weight excluding hydrogens is 565 g/mol. The van der Waals surface area contributed by atoms with Gasteiger partial charge in [-0.05, 0) is 62.6 Å². The predicted octanol–water partition coefficient (Wildman–Crippen LogP) is 5.02. The quantitative estimate of drug-likeness (QED) is 0.441. The summed E-state index contributed by atoms with van der Waals surface area (Å²) in [5.41, 5.74) is -0.0192. The topological polar surface area (TPSA) is 82.1 Å². The number of amides is 1. The Balaban J connectivity index is 1.53. The maximum absolute atomic E-state index is 14.1. The molecule has 0 spiro atoms. The number of nitrogens with one attached hydrogen (secondary N) is 1. The van der Waals surface area contributed by atoms with Crippen LogP contribution in [0.2, 0.25) is 5.02 Å². The van der Waals surface area contributed by atoms with Crippen molar-refractivity contribution in [2.24, 2.45) is 4.99 Å². The fraction of sp³-hybridized carbons (Fsp3) is 0.429. The second-order valence-corrected chi connectivity index (χ2v) is 13.2. The first-order valence-electron chi connectivity index (χ1n) is 12.8. The van der Waals surface area contributed by atoms with Gasteiger partial charge in [0.15, 0.2) is 6.04 Å². The van der Waals surface area contributed by atoms with Gasteiger partial charge in [-0.25, -0.2) is 21.6 Å². The van der Waals surface area contributed by atoms with Crippen LogP contribution in [0.4, 0.5) is 13.2 Å². The number of amidine groups is 1. The number of carbonyl (C=O) groups excluding carboxylic acids is 1. The molecule has 1 amide bonds. The molecule has 2 aromatic carbocycles. The zero-order valence-corrected chi connectivity index (χ0v) is 24.1. The summed E-state index contributed by atoms with van der Waals surface area (Å²) in [5, 5.41) is 3.09. The first-order valence-corrected chi connectivity index (χ1v) is 14.6. The Morgan fingerprint density at radius 3 is 2.50 bits per heavy atom. The maximum atomic E-state index is 14.1. The zero-order chi connectivity index (χ0) is 29.5. The number of likely N-dealkylation sites (tertiary alicyclic amines) is 1. The van der Waals surface area contributed by atoms with Crippen LogP contribution in [0.3, 0.4) is 0 Å². The third-order valence-corrected chi connectivity index (χ3v) is 9.31. The summed E-state index contributed by atoms with van der Waals surface area (Å²) in [5.74, 6) is -3.78. The second kappa shape index (κ2) is 11.2. The fourth-order valence-electron chi connectivity index (χ4n) is 4.95. The number of alkyl halides is 2. The number of hydrogen-bond donors (Lipinski definition) is 1. The number of halogens is 4. The summed E-state index contributed by atoms with van der Waals surface area (Å²) in [7, 11) is -3.97. The van der Waals surface area contributed by atoms with Crippen LogP contribution >= 0.6 is 11.6 Å². The van der Waals surface area contributed by atoms with Crippen LogP contribution < -0.4 is 5.32 Å². The molecule has 7 nitrogen and oxygen atoms in total. The SMILES string of the molecule is C=C(CCN(Cc1ccc(Cl)c(F)c1)S(=O)(=O)c1ccccc1)C1=N[C@@H](C(=O)N2CC(F)(F)C[C@H]2C)C(C)(C)N1. The summed E-state index contributed by atoms with van der Waals surface area (Å²) in [4.78, 5) is 19.0. The Labute approximate surface area is 237 Å². The summed E-state index contributed by atoms with van der Waals surface area (Å²) in [6, 6.07) is 10.4. The molecule has 2 aliphatic rings. The van der Waals surface area contributed by atoms with Gasteiger partial charge in [-0.15, -0.1) is 0 Å². The van der Waals surface area contributed by atoms with Crippen LogP contribution in [0, 0.1) is 5.82 Å². The number of rotatable bonds is 9. The molecule has 12 heteroatoms. The minimum atomic E-state index is -3.97. The number of aliphatic imine (C=N–C) groups is 1. The van der Waals surface area contributed by atoms with Crippen LogP contribution in [-0.2, 0) is 21.4 Å². The van der Waals surface area contributed by atoms with Crippen LogP contribution in [0.5, 0.6) is 0 Å². The average molecular weight is 597 g/mol. The van der Waals surface area contributed by atoms with E-state index in [4.69, 9.17) is 11.6 Å². The van der Waals surface area contributed by atoms with Crippen LogP contribution in [0.1, 0.15) is 39.2 Å². The molecule has 1 saturated heterocycles. The van der Waals surface area contributed by atoms with Crippen molar-refractivity contribution in [3.8, 4) is 0 Å². The minimum absolute atomic E-state index is 0.0184. The molecule has 0 aliphatic carbocycles. The lowest BCUT2D eigenvalue weighted by Crippen LogP contribution is -2.53. The normalized spacial score (nSPS) is 21.8. The molecule has 0 saturated carbocycles. The molecule has 0 radical (unpaired) electrons. The van der Waals surface area contributed by atoms with Gasteiger partial charge < -0.3 is 10.2 Å². The molecule has 40 heavy (non-hydrogen) atoms. The molecule has 2 heterocycles. The number of hydrogen-bond acceptors (Lipinski definition) is 5. The van der Waals surface area contributed by atoms with Crippen molar-refractivity contribution in [1.29, 1.82) is 0 Å². The van der Waals surface area contributed by atoms with Crippen molar-refractivity contribution in [1.82, 2.24) is 14.5 Å². The van der Waals surface area contributed by atoms with Crippen molar-refractivity contribution in [2.75, 3.05) is 13.1 Å². The van der Waals surface area contributed by atoms with Gasteiger partial charge in [0.05, 0.1) is 22.0 Å². The Bertz CT molecular complexity index is 1430. The fourth-order valence-corrected chi connectivity index (χ4v) is 6.52. The van der Waals surface area contributed by atoms with E-state index in [2.05, 4.69) is 16.9 Å². The molecule has 216 valence electrons. The Morgan fingerprint density at radius 1 is 1.23 bits per heavy atom. The van der Waals surface area contributed by atoms with Crippen LogP contribution in [0.15, 0.2) is 70.6 Å². The minimum Gasteiger partial charge on any atom is -0.363 e. The average Bonchev–Trinajstić information content (AvgIpc) is 3.36. The number of carbonyl (C=O) groups is 1. The van der Waals surface area contributed by atoms with Crippen molar-refractivity contribution < 1.29 is 26.4 Å². The lowest BCUT2D eigenvalue weighted by molar-refractivity contribution is -0.135. The van der Waals surface area contributed by atoms with E-state index in [1.165, 1.54) is 33.5 Å². The Morgan fingerprint density at radius 2 is 1.90 bits per heavy atom. The second-order valence-electron chi connectivity index (χ2n) is 10.9. The van der Waals surface area contributed by atoms with Gasteiger partial charge in [0.2, 0.25) is 15.9 Å². The predicted molar refractivity (Wildman–Crippen MR) is 148 cm³/mol. The van der Waals surface area contributed by atoms with E-state index in [1.54, 1.807) is 45.0 Å². The zero-order valence-electron chi connectivity index (χ0n) is 22.5. The summed E-state index contributed by atoms with van der Waals surface area (Å²) < 4.78 is 70.2. The van der Waals surface area contributed by atoms with E-state index >= 15 is 0 Å². The largest absolute Gasteiger partial charge is 0.363 e. The molecule has 1 fully saturated rings. The molecule has 2 aromatic rings. The third kappa shape index (κ3) is 6.37. The molecule has 0 bridgehead atoms. The summed E-state index contributed by atoms with van der Waals surface area (Å²) >= 11 is 5.80. The van der Waals surface area contributed by atoms with Gasteiger partial charge in [0, 0.05) is 25.6 Å². The van der Waals surface area contributed by atoms with Crippen LogP contribution in [0.25, 0.3) is 0 Å². The van der Waals surface area contributed by atoms with E-state index in [0.717, 1.165) is 0 Å². The highest BCUT2D eigenvalue weighted by Crippen LogP contribution is 2.34. The standard InChI is InChI=1S/C28H32ClF3N4O3S/c1-18(25-33-24(27(3,4)34-25)26(37)36-17-28(31,32)15-19(36)2)12-13-35(16-20-10-11-22(29)23(30)14-20)40(38,39)21-8-6-5-7-9-21/h5-11,14,19,24H,1,12-13,15-17H2,2-4H3,(H,33,34)/t19-,24+/m1/s1. The Kier molecular flexibility index (Phi) is 8.40. The van der Waals surface area contributed by atoms with Gasteiger partial charge in [0.1, 0.15) is 11.7 Å². The van der Waals surface area contributed by atoms with Gasteiger partial charge in [-0.2, -0.15) is 4.31 Å². The highest BCUT2D eigenvalue weighted by Gasteiger charge is 2.50. The van der Waals surface area contributed by atoms with Crippen molar-refractivity contribution in [2.45, 2.75) is 68.6 Å². The monoisotopic (exact) mass is 596 g/mol. The molecule has 4 rings (SSSR count). The van der Waals surface area contributed by atoms with Crippen molar-refractivity contribution in [3.05, 3.63) is 77.1 Å². The maximum Gasteiger partial charge on any atom is 0.267 e. The molecule has 1 N–H and O–H groups in total. The number of sulfonamides is 1. The van der Waals surface area contributed by atoms with Gasteiger partial charge in [-0.1, -0.05) is 42.4 Å². The number of nitrogens with zero attached hydrogens (tertiary/aromatic N) is 3. The highest BCUT2D eigenvalue weighted by atomic mass is 35.5. The molecule has 2 atom stereocenters.